The van der Waals surface area contributed by atoms with Gasteiger partial charge in [-0.05, 0) is 41.9 Å². The van der Waals surface area contributed by atoms with Crippen LogP contribution in [0.1, 0.15) is 35.7 Å². The Bertz CT molecular complexity index is 789. The zero-order chi connectivity index (χ0) is 17.3. The van der Waals surface area contributed by atoms with Crippen LogP contribution in [0.25, 0.3) is 0 Å². The number of aromatic nitrogens is 2. The van der Waals surface area contributed by atoms with E-state index >= 15 is 0 Å². The van der Waals surface area contributed by atoms with Crippen molar-refractivity contribution < 1.29 is 9.59 Å². The third kappa shape index (κ3) is 3.49. The molecule has 7 nitrogen and oxygen atoms in total. The molecule has 3 rings (SSSR count). The van der Waals surface area contributed by atoms with E-state index < -0.39 is 6.29 Å². The first-order chi connectivity index (χ1) is 11.4. The maximum absolute atomic E-state index is 12.5. The highest BCUT2D eigenvalue weighted by atomic mass is 79.9. The number of hydrogen-bond donors (Lipinski definition) is 3. The normalized spacial score (nSPS) is 20.5. The van der Waals surface area contributed by atoms with Gasteiger partial charge in [-0.2, -0.15) is 5.10 Å². The van der Waals surface area contributed by atoms with E-state index in [1.165, 1.54) is 0 Å². The second kappa shape index (κ2) is 6.74. The molecular weight excluding hydrogens is 374 g/mol. The summed E-state index contributed by atoms with van der Waals surface area (Å²) in [5.41, 5.74) is 1.27. The minimum atomic E-state index is -0.496. The van der Waals surface area contributed by atoms with Gasteiger partial charge >= 0.3 is 0 Å². The number of amides is 2. The number of benzene rings is 1. The molecule has 1 aliphatic heterocycles. The van der Waals surface area contributed by atoms with Crippen molar-refractivity contribution >= 4 is 33.6 Å². The van der Waals surface area contributed by atoms with Gasteiger partial charge in [-0.25, -0.2) is 4.68 Å². The monoisotopic (exact) mass is 391 g/mol. The van der Waals surface area contributed by atoms with Gasteiger partial charge in [-0.3, -0.25) is 14.9 Å². The second-order valence-electron chi connectivity index (χ2n) is 5.79. The van der Waals surface area contributed by atoms with Crippen LogP contribution >= 0.6 is 15.9 Å². The Labute approximate surface area is 147 Å². The summed E-state index contributed by atoms with van der Waals surface area (Å²) < 4.78 is 2.29. The number of aryl methyl sites for hydroxylation is 1. The number of hydrogen-bond acceptors (Lipinski definition) is 4. The van der Waals surface area contributed by atoms with Crippen LogP contribution in [0.3, 0.4) is 0 Å². The van der Waals surface area contributed by atoms with E-state index in [-0.39, 0.29) is 17.9 Å². The fourth-order valence-electron chi connectivity index (χ4n) is 2.63. The molecule has 24 heavy (non-hydrogen) atoms. The summed E-state index contributed by atoms with van der Waals surface area (Å²) >= 11 is 3.37. The highest BCUT2D eigenvalue weighted by Crippen LogP contribution is 2.20. The standard InChI is InChI=1S/C16H18BrN5O2/c1-9-8-14(23)20-16(18-9)22-13(7-10(2)21-22)19-15(24)11-5-3-4-6-12(11)17/h3-7,9,16,18H,8H2,1-2H3,(H,19,24)(H,20,23). The lowest BCUT2D eigenvalue weighted by Crippen LogP contribution is -2.52. The summed E-state index contributed by atoms with van der Waals surface area (Å²) in [5, 5.41) is 13.3. The Balaban J connectivity index is 1.86. The van der Waals surface area contributed by atoms with Gasteiger partial charge < -0.3 is 10.6 Å². The highest BCUT2D eigenvalue weighted by Gasteiger charge is 2.26. The molecule has 0 radical (unpaired) electrons. The molecular formula is C16H18BrN5O2. The Kier molecular flexibility index (Phi) is 4.68. The van der Waals surface area contributed by atoms with E-state index in [2.05, 4.69) is 37.0 Å². The van der Waals surface area contributed by atoms with E-state index in [0.717, 1.165) is 5.69 Å². The lowest BCUT2D eigenvalue weighted by atomic mass is 10.2. The van der Waals surface area contributed by atoms with E-state index in [9.17, 15) is 9.59 Å². The quantitative estimate of drug-likeness (QED) is 0.747. The molecule has 2 unspecified atom stereocenters. The summed E-state index contributed by atoms with van der Waals surface area (Å²) in [6.07, 6.45) is -0.0838. The number of anilines is 1. The molecule has 126 valence electrons. The van der Waals surface area contributed by atoms with Crippen LogP contribution in [-0.2, 0) is 4.79 Å². The van der Waals surface area contributed by atoms with Crippen LogP contribution in [-0.4, -0.2) is 27.6 Å². The number of rotatable bonds is 3. The third-order valence-electron chi connectivity index (χ3n) is 3.69. The lowest BCUT2D eigenvalue weighted by Gasteiger charge is -2.30. The largest absolute Gasteiger partial charge is 0.322 e. The summed E-state index contributed by atoms with van der Waals surface area (Å²) in [5.74, 6) is 0.210. The Morgan fingerprint density at radius 1 is 1.42 bits per heavy atom. The topological polar surface area (TPSA) is 88.0 Å². The Hall–Kier alpha value is -2.19. The molecule has 2 amide bonds. The molecule has 3 N–H and O–H groups in total. The van der Waals surface area contributed by atoms with Crippen molar-refractivity contribution in [3.05, 3.63) is 46.1 Å². The van der Waals surface area contributed by atoms with E-state index in [1.807, 2.05) is 26.0 Å². The van der Waals surface area contributed by atoms with Crippen molar-refractivity contribution in [2.75, 3.05) is 5.32 Å². The van der Waals surface area contributed by atoms with E-state index in [0.29, 0.717) is 22.3 Å². The minimum absolute atomic E-state index is 0.0278. The molecule has 0 bridgehead atoms. The minimum Gasteiger partial charge on any atom is -0.322 e. The molecule has 0 aliphatic carbocycles. The highest BCUT2D eigenvalue weighted by molar-refractivity contribution is 9.10. The Morgan fingerprint density at radius 3 is 2.88 bits per heavy atom. The van der Waals surface area contributed by atoms with Crippen molar-refractivity contribution in [2.45, 2.75) is 32.6 Å². The average molecular weight is 392 g/mol. The number of nitrogens with one attached hydrogen (secondary N) is 3. The van der Waals surface area contributed by atoms with Crippen LogP contribution in [0.15, 0.2) is 34.8 Å². The molecule has 2 aromatic rings. The predicted octanol–water partition coefficient (Wildman–Crippen LogP) is 2.16. The first-order valence-corrected chi connectivity index (χ1v) is 8.41. The van der Waals surface area contributed by atoms with Crippen LogP contribution in [0, 0.1) is 6.92 Å². The number of nitrogens with zero attached hydrogens (tertiary/aromatic N) is 2. The van der Waals surface area contributed by atoms with E-state index in [4.69, 9.17) is 0 Å². The van der Waals surface area contributed by atoms with Gasteiger partial charge in [0, 0.05) is 23.0 Å². The third-order valence-corrected chi connectivity index (χ3v) is 4.39. The molecule has 1 saturated heterocycles. The number of carbonyl (C=O) groups excluding carboxylic acids is 2. The molecule has 1 fully saturated rings. The number of carbonyl (C=O) groups is 2. The average Bonchev–Trinajstić information content (AvgIpc) is 2.87. The zero-order valence-electron chi connectivity index (χ0n) is 13.3. The smallest absolute Gasteiger partial charge is 0.257 e. The first kappa shape index (κ1) is 16.7. The van der Waals surface area contributed by atoms with Crippen LogP contribution in [0.2, 0.25) is 0 Å². The SMILES string of the molecule is Cc1cc(NC(=O)c2ccccc2Br)n(C2NC(=O)CC(C)N2)n1. The van der Waals surface area contributed by atoms with Gasteiger partial charge in [0.2, 0.25) is 5.91 Å². The van der Waals surface area contributed by atoms with Crippen molar-refractivity contribution in [2.24, 2.45) is 0 Å². The summed E-state index contributed by atoms with van der Waals surface area (Å²) in [6.45, 7) is 3.76. The van der Waals surface area contributed by atoms with Crippen molar-refractivity contribution in [3.63, 3.8) is 0 Å². The summed E-state index contributed by atoms with van der Waals surface area (Å²) in [4.78, 5) is 24.3. The summed E-state index contributed by atoms with van der Waals surface area (Å²) in [6, 6.07) is 8.98. The Morgan fingerprint density at radius 2 is 2.17 bits per heavy atom. The maximum atomic E-state index is 12.5. The fourth-order valence-corrected chi connectivity index (χ4v) is 3.09. The second-order valence-corrected chi connectivity index (χ2v) is 6.65. The van der Waals surface area contributed by atoms with Gasteiger partial charge in [-0.1, -0.05) is 12.1 Å². The number of halogens is 1. The van der Waals surface area contributed by atoms with Gasteiger partial charge in [0.05, 0.1) is 11.3 Å². The predicted molar refractivity (Wildman–Crippen MR) is 93.5 cm³/mol. The molecule has 1 aromatic heterocycles. The lowest BCUT2D eigenvalue weighted by molar-refractivity contribution is -0.125. The van der Waals surface area contributed by atoms with Crippen LogP contribution in [0.5, 0.6) is 0 Å². The fraction of sp³-hybridized carbons (Fsp3) is 0.312. The first-order valence-electron chi connectivity index (χ1n) is 7.61. The van der Waals surface area contributed by atoms with Gasteiger partial charge in [0.1, 0.15) is 5.82 Å². The van der Waals surface area contributed by atoms with Gasteiger partial charge in [0.15, 0.2) is 6.29 Å². The molecule has 2 atom stereocenters. The summed E-state index contributed by atoms with van der Waals surface area (Å²) in [7, 11) is 0. The molecule has 0 saturated carbocycles. The maximum Gasteiger partial charge on any atom is 0.257 e. The van der Waals surface area contributed by atoms with Gasteiger partial charge in [0.25, 0.3) is 5.91 Å². The van der Waals surface area contributed by atoms with Crippen LogP contribution in [0.4, 0.5) is 5.82 Å². The molecule has 0 spiro atoms. The van der Waals surface area contributed by atoms with Crippen molar-refractivity contribution in [3.8, 4) is 0 Å². The van der Waals surface area contributed by atoms with Gasteiger partial charge in [-0.15, -0.1) is 0 Å². The molecule has 2 heterocycles. The van der Waals surface area contributed by atoms with Crippen LogP contribution < -0.4 is 16.0 Å². The molecule has 1 aromatic carbocycles. The van der Waals surface area contributed by atoms with Crippen molar-refractivity contribution in [1.29, 1.82) is 0 Å². The van der Waals surface area contributed by atoms with E-state index in [1.54, 1.807) is 22.9 Å². The van der Waals surface area contributed by atoms with Crippen molar-refractivity contribution in [1.82, 2.24) is 20.4 Å². The zero-order valence-corrected chi connectivity index (χ0v) is 14.9. The molecule has 8 heteroatoms. The molecule has 1 aliphatic rings.